The van der Waals surface area contributed by atoms with Crippen molar-refractivity contribution < 1.29 is 5.11 Å². The number of aromatic nitrogens is 2. The Morgan fingerprint density at radius 3 is 2.08 bits per heavy atom. The number of rotatable bonds is 3. The SMILES string of the molecule is Cc1ccnc(N/N=C\c2cc(C(C)(C)C)c(O)c(C(C)(C)C)c2)n1. The first-order valence-corrected chi connectivity index (χ1v) is 8.45. The van der Waals surface area contributed by atoms with Gasteiger partial charge in [-0.2, -0.15) is 5.10 Å². The highest BCUT2D eigenvalue weighted by Gasteiger charge is 2.26. The average molecular weight is 340 g/mol. The van der Waals surface area contributed by atoms with Gasteiger partial charge in [-0.25, -0.2) is 15.4 Å². The molecule has 0 saturated heterocycles. The topological polar surface area (TPSA) is 70.4 Å². The van der Waals surface area contributed by atoms with Crippen LogP contribution < -0.4 is 5.43 Å². The van der Waals surface area contributed by atoms with Gasteiger partial charge in [0.05, 0.1) is 6.21 Å². The third kappa shape index (κ3) is 4.78. The van der Waals surface area contributed by atoms with Crippen molar-refractivity contribution in [2.45, 2.75) is 59.3 Å². The minimum Gasteiger partial charge on any atom is -0.507 e. The number of phenolic OH excluding ortho intramolecular Hbond substituents is 1. The van der Waals surface area contributed by atoms with Crippen molar-refractivity contribution in [2.75, 3.05) is 5.43 Å². The first-order valence-electron chi connectivity index (χ1n) is 8.45. The van der Waals surface area contributed by atoms with Gasteiger partial charge in [0.2, 0.25) is 5.95 Å². The maximum absolute atomic E-state index is 10.7. The van der Waals surface area contributed by atoms with E-state index in [4.69, 9.17) is 0 Å². The summed E-state index contributed by atoms with van der Waals surface area (Å²) in [4.78, 5) is 8.38. The van der Waals surface area contributed by atoms with Crippen LogP contribution in [0.5, 0.6) is 5.75 Å². The molecule has 1 aromatic heterocycles. The Kier molecular flexibility index (Phi) is 5.16. The van der Waals surface area contributed by atoms with E-state index in [0.717, 1.165) is 22.4 Å². The number of anilines is 1. The van der Waals surface area contributed by atoms with Gasteiger partial charge in [-0.15, -0.1) is 0 Å². The van der Waals surface area contributed by atoms with E-state index in [1.165, 1.54) is 0 Å². The Labute approximate surface area is 150 Å². The lowest BCUT2D eigenvalue weighted by molar-refractivity contribution is 0.423. The molecular weight excluding hydrogens is 312 g/mol. The fourth-order valence-electron chi connectivity index (χ4n) is 2.54. The van der Waals surface area contributed by atoms with Crippen LogP contribution in [0.4, 0.5) is 5.95 Å². The van der Waals surface area contributed by atoms with Crippen molar-refractivity contribution in [1.29, 1.82) is 0 Å². The second-order valence-corrected chi connectivity index (χ2v) is 8.36. The van der Waals surface area contributed by atoms with Gasteiger partial charge in [-0.1, -0.05) is 41.5 Å². The highest BCUT2D eigenvalue weighted by Crippen LogP contribution is 2.39. The van der Waals surface area contributed by atoms with E-state index in [9.17, 15) is 5.11 Å². The summed E-state index contributed by atoms with van der Waals surface area (Å²) < 4.78 is 0. The smallest absolute Gasteiger partial charge is 0.243 e. The number of nitrogens with zero attached hydrogens (tertiary/aromatic N) is 3. The van der Waals surface area contributed by atoms with Gasteiger partial charge in [0.15, 0.2) is 0 Å². The minimum absolute atomic E-state index is 0.166. The van der Waals surface area contributed by atoms with Crippen LogP contribution in [0.3, 0.4) is 0 Å². The van der Waals surface area contributed by atoms with Crippen LogP contribution in [0.25, 0.3) is 0 Å². The van der Waals surface area contributed by atoms with Gasteiger partial charge in [0.25, 0.3) is 0 Å². The monoisotopic (exact) mass is 340 g/mol. The number of phenols is 1. The summed E-state index contributed by atoms with van der Waals surface area (Å²) in [6.07, 6.45) is 3.42. The lowest BCUT2D eigenvalue weighted by atomic mass is 9.78. The zero-order chi connectivity index (χ0) is 18.8. The van der Waals surface area contributed by atoms with Gasteiger partial charge in [-0.3, -0.25) is 0 Å². The molecule has 0 bridgehead atoms. The first-order chi connectivity index (χ1) is 11.5. The summed E-state index contributed by atoms with van der Waals surface area (Å²) in [5, 5.41) is 15.0. The van der Waals surface area contributed by atoms with Crippen molar-refractivity contribution in [1.82, 2.24) is 9.97 Å². The van der Waals surface area contributed by atoms with Crippen LogP contribution in [0.1, 0.15) is 63.9 Å². The Balaban J connectivity index is 2.38. The second-order valence-electron chi connectivity index (χ2n) is 8.36. The molecular formula is C20H28N4O. The van der Waals surface area contributed by atoms with E-state index in [1.54, 1.807) is 12.4 Å². The summed E-state index contributed by atoms with van der Waals surface area (Å²) in [7, 11) is 0. The minimum atomic E-state index is -0.166. The number of nitrogens with one attached hydrogen (secondary N) is 1. The van der Waals surface area contributed by atoms with Gasteiger partial charge < -0.3 is 5.11 Å². The Morgan fingerprint density at radius 1 is 1.04 bits per heavy atom. The number of hydrazone groups is 1. The lowest BCUT2D eigenvalue weighted by Gasteiger charge is -2.27. The summed E-state index contributed by atoms with van der Waals surface area (Å²) in [5.74, 6) is 0.828. The molecule has 2 N–H and O–H groups in total. The molecule has 0 aliphatic heterocycles. The summed E-state index contributed by atoms with van der Waals surface area (Å²) >= 11 is 0. The molecule has 0 atom stereocenters. The zero-order valence-electron chi connectivity index (χ0n) is 16.2. The molecule has 1 heterocycles. The van der Waals surface area contributed by atoms with Crippen LogP contribution in [-0.4, -0.2) is 21.3 Å². The van der Waals surface area contributed by atoms with E-state index in [1.807, 2.05) is 25.1 Å². The number of hydrogen-bond acceptors (Lipinski definition) is 5. The Hall–Kier alpha value is -2.43. The van der Waals surface area contributed by atoms with E-state index < -0.39 is 0 Å². The quantitative estimate of drug-likeness (QED) is 0.636. The molecule has 5 nitrogen and oxygen atoms in total. The van der Waals surface area contributed by atoms with Crippen molar-refractivity contribution in [3.05, 3.63) is 46.8 Å². The highest BCUT2D eigenvalue weighted by atomic mass is 16.3. The van der Waals surface area contributed by atoms with Crippen molar-refractivity contribution >= 4 is 12.2 Å². The Morgan fingerprint density at radius 2 is 1.60 bits per heavy atom. The highest BCUT2D eigenvalue weighted by molar-refractivity contribution is 5.82. The molecule has 1 aromatic carbocycles. The Bertz CT molecular complexity index is 748. The molecule has 0 unspecified atom stereocenters. The van der Waals surface area contributed by atoms with E-state index in [0.29, 0.717) is 11.7 Å². The predicted octanol–water partition coefficient (Wildman–Crippen LogP) is 4.53. The molecule has 0 amide bonds. The molecule has 2 rings (SSSR count). The van der Waals surface area contributed by atoms with Crippen molar-refractivity contribution in [2.24, 2.45) is 5.10 Å². The van der Waals surface area contributed by atoms with E-state index >= 15 is 0 Å². The molecule has 0 radical (unpaired) electrons. The molecule has 0 fully saturated rings. The third-order valence-electron chi connectivity index (χ3n) is 3.92. The summed E-state index contributed by atoms with van der Waals surface area (Å²) in [6.45, 7) is 14.5. The van der Waals surface area contributed by atoms with Crippen LogP contribution in [0, 0.1) is 6.92 Å². The molecule has 0 aliphatic carbocycles. The van der Waals surface area contributed by atoms with E-state index in [2.05, 4.69) is 62.0 Å². The summed E-state index contributed by atoms with van der Waals surface area (Å²) in [6, 6.07) is 5.79. The normalized spacial score (nSPS) is 12.6. The van der Waals surface area contributed by atoms with Gasteiger partial charge >= 0.3 is 0 Å². The molecule has 0 saturated carbocycles. The number of aryl methyl sites for hydroxylation is 1. The van der Waals surface area contributed by atoms with Crippen LogP contribution in [-0.2, 0) is 10.8 Å². The molecule has 0 spiro atoms. The third-order valence-corrected chi connectivity index (χ3v) is 3.92. The fourth-order valence-corrected chi connectivity index (χ4v) is 2.54. The van der Waals surface area contributed by atoms with Crippen LogP contribution in [0.2, 0.25) is 0 Å². The molecule has 5 heteroatoms. The average Bonchev–Trinajstić information content (AvgIpc) is 2.46. The molecule has 2 aromatic rings. The van der Waals surface area contributed by atoms with E-state index in [-0.39, 0.29) is 10.8 Å². The van der Waals surface area contributed by atoms with Crippen LogP contribution in [0.15, 0.2) is 29.5 Å². The molecule has 0 aliphatic rings. The zero-order valence-corrected chi connectivity index (χ0v) is 16.2. The number of aromatic hydroxyl groups is 1. The summed E-state index contributed by atoms with van der Waals surface area (Å²) in [5.41, 5.74) is 6.14. The van der Waals surface area contributed by atoms with Crippen molar-refractivity contribution in [3.8, 4) is 5.75 Å². The maximum atomic E-state index is 10.7. The van der Waals surface area contributed by atoms with Gasteiger partial charge in [0.1, 0.15) is 5.75 Å². The first kappa shape index (κ1) is 18.9. The lowest BCUT2D eigenvalue weighted by Crippen LogP contribution is -2.18. The predicted molar refractivity (Wildman–Crippen MR) is 103 cm³/mol. The second kappa shape index (κ2) is 6.82. The standard InChI is InChI=1S/C20H28N4O/c1-13-8-9-21-18(23-13)24-22-12-14-10-15(19(2,3)4)17(25)16(11-14)20(5,6)7/h8-12,25H,1-7H3,(H,21,23,24)/b22-12-. The van der Waals surface area contributed by atoms with Crippen LogP contribution >= 0.6 is 0 Å². The fraction of sp³-hybridized carbons (Fsp3) is 0.450. The number of hydrogen-bond donors (Lipinski definition) is 2. The molecule has 25 heavy (non-hydrogen) atoms. The maximum Gasteiger partial charge on any atom is 0.243 e. The largest absolute Gasteiger partial charge is 0.507 e. The molecule has 134 valence electrons. The van der Waals surface area contributed by atoms with Gasteiger partial charge in [0, 0.05) is 23.0 Å². The van der Waals surface area contributed by atoms with Crippen molar-refractivity contribution in [3.63, 3.8) is 0 Å². The number of benzene rings is 1. The van der Waals surface area contributed by atoms with Gasteiger partial charge in [-0.05, 0) is 41.5 Å².